The van der Waals surface area contributed by atoms with Crippen molar-refractivity contribution < 1.29 is 19.1 Å². The molecule has 0 saturated carbocycles. The highest BCUT2D eigenvalue weighted by Crippen LogP contribution is 2.33. The number of benzene rings is 3. The minimum Gasteiger partial charge on any atom is -0.462 e. The quantitative estimate of drug-likeness (QED) is 0.370. The molecule has 0 aromatic heterocycles. The van der Waals surface area contributed by atoms with Crippen molar-refractivity contribution in [2.45, 2.75) is 40.2 Å². The lowest BCUT2D eigenvalue weighted by Crippen LogP contribution is -2.48. The van der Waals surface area contributed by atoms with Crippen LogP contribution in [-0.4, -0.2) is 36.0 Å². The molecule has 37 heavy (non-hydrogen) atoms. The summed E-state index contributed by atoms with van der Waals surface area (Å²) in [6.45, 7) is 8.48. The van der Waals surface area contributed by atoms with Crippen molar-refractivity contribution >= 4 is 34.4 Å². The number of hydrogen-bond donors (Lipinski definition) is 2. The summed E-state index contributed by atoms with van der Waals surface area (Å²) in [5.41, 5.74) is 2.78. The third-order valence-electron chi connectivity index (χ3n) is 6.32. The van der Waals surface area contributed by atoms with Crippen LogP contribution in [0.2, 0.25) is 0 Å². The fourth-order valence-electron chi connectivity index (χ4n) is 4.53. The van der Waals surface area contributed by atoms with Gasteiger partial charge in [-0.2, -0.15) is 0 Å². The zero-order valence-corrected chi connectivity index (χ0v) is 21.7. The number of carbonyl (C=O) groups excluding carboxylic acids is 3. The molecule has 3 amide bonds. The number of nitrogens with zero attached hydrogens (tertiary/aromatic N) is 1. The molecule has 0 unspecified atom stereocenters. The SMILES string of the molecule is CCCN1C(=O)N[C@H](c2cccc(NC(=O)c3cccc4ccccc34)c2)C(C(=O)OCC(C)C)=C1C. The first-order valence-electron chi connectivity index (χ1n) is 12.6. The molecule has 0 bridgehead atoms. The van der Waals surface area contributed by atoms with Gasteiger partial charge in [0, 0.05) is 23.5 Å². The molecular weight excluding hydrogens is 466 g/mol. The van der Waals surface area contributed by atoms with Crippen molar-refractivity contribution in [1.82, 2.24) is 10.2 Å². The Morgan fingerprint density at radius 2 is 1.78 bits per heavy atom. The molecule has 192 valence electrons. The molecule has 1 aliphatic heterocycles. The van der Waals surface area contributed by atoms with Crippen LogP contribution in [0.25, 0.3) is 10.8 Å². The Hall–Kier alpha value is -4.13. The van der Waals surface area contributed by atoms with Crippen molar-refractivity contribution in [2.24, 2.45) is 5.92 Å². The van der Waals surface area contributed by atoms with Crippen molar-refractivity contribution in [1.29, 1.82) is 0 Å². The van der Waals surface area contributed by atoms with Crippen molar-refractivity contribution in [2.75, 3.05) is 18.5 Å². The first-order valence-corrected chi connectivity index (χ1v) is 12.6. The van der Waals surface area contributed by atoms with E-state index in [2.05, 4.69) is 10.6 Å². The second-order valence-corrected chi connectivity index (χ2v) is 9.63. The highest BCUT2D eigenvalue weighted by Gasteiger charge is 2.36. The van der Waals surface area contributed by atoms with E-state index in [0.29, 0.717) is 34.6 Å². The van der Waals surface area contributed by atoms with E-state index in [4.69, 9.17) is 4.74 Å². The van der Waals surface area contributed by atoms with Gasteiger partial charge in [0.1, 0.15) is 0 Å². The number of urea groups is 1. The third kappa shape index (κ3) is 5.66. The summed E-state index contributed by atoms with van der Waals surface area (Å²) in [7, 11) is 0. The normalized spacial score (nSPS) is 15.6. The van der Waals surface area contributed by atoms with Gasteiger partial charge in [0.15, 0.2) is 0 Å². The number of carbonyl (C=O) groups is 3. The van der Waals surface area contributed by atoms with Crippen LogP contribution in [0.1, 0.15) is 56.1 Å². The number of anilines is 1. The van der Waals surface area contributed by atoms with Gasteiger partial charge in [0.25, 0.3) is 5.91 Å². The summed E-state index contributed by atoms with van der Waals surface area (Å²) in [6, 6.07) is 19.6. The van der Waals surface area contributed by atoms with Gasteiger partial charge in [-0.25, -0.2) is 9.59 Å². The van der Waals surface area contributed by atoms with E-state index in [1.54, 1.807) is 36.1 Å². The summed E-state index contributed by atoms with van der Waals surface area (Å²) in [4.78, 5) is 40.9. The summed E-state index contributed by atoms with van der Waals surface area (Å²) >= 11 is 0. The Morgan fingerprint density at radius 3 is 2.54 bits per heavy atom. The summed E-state index contributed by atoms with van der Waals surface area (Å²) in [6.07, 6.45) is 0.749. The van der Waals surface area contributed by atoms with Gasteiger partial charge >= 0.3 is 12.0 Å². The van der Waals surface area contributed by atoms with Gasteiger partial charge in [0.2, 0.25) is 0 Å². The molecular formula is C30H33N3O4. The van der Waals surface area contributed by atoms with Crippen LogP contribution in [-0.2, 0) is 9.53 Å². The molecule has 0 spiro atoms. The third-order valence-corrected chi connectivity index (χ3v) is 6.32. The van der Waals surface area contributed by atoms with Crippen molar-refractivity contribution in [3.05, 3.63) is 89.1 Å². The minimum absolute atomic E-state index is 0.181. The Balaban J connectivity index is 1.66. The summed E-state index contributed by atoms with van der Waals surface area (Å²) < 4.78 is 5.58. The second kappa shape index (κ2) is 11.3. The first kappa shape index (κ1) is 25.9. The molecule has 0 aliphatic carbocycles. The molecule has 3 aromatic rings. The average Bonchev–Trinajstić information content (AvgIpc) is 2.89. The Morgan fingerprint density at radius 1 is 1.05 bits per heavy atom. The van der Waals surface area contributed by atoms with Crippen LogP contribution in [0.3, 0.4) is 0 Å². The monoisotopic (exact) mass is 499 g/mol. The number of hydrogen-bond acceptors (Lipinski definition) is 4. The fourth-order valence-corrected chi connectivity index (χ4v) is 4.53. The summed E-state index contributed by atoms with van der Waals surface area (Å²) in [5, 5.41) is 7.79. The lowest BCUT2D eigenvalue weighted by atomic mass is 9.94. The number of esters is 1. The van der Waals surface area contributed by atoms with Crippen LogP contribution in [0.15, 0.2) is 78.0 Å². The Labute approximate surface area is 217 Å². The number of fused-ring (bicyclic) bond motifs is 1. The molecule has 4 rings (SSSR count). The van der Waals surface area contributed by atoms with Crippen LogP contribution in [0, 0.1) is 5.92 Å². The lowest BCUT2D eigenvalue weighted by Gasteiger charge is -2.35. The first-order chi connectivity index (χ1) is 17.8. The fraction of sp³-hybridized carbons (Fsp3) is 0.300. The molecule has 7 heteroatoms. The zero-order chi connectivity index (χ0) is 26.5. The Kier molecular flexibility index (Phi) is 7.92. The smallest absolute Gasteiger partial charge is 0.338 e. The van der Waals surface area contributed by atoms with Crippen LogP contribution < -0.4 is 10.6 Å². The number of amides is 3. The maximum Gasteiger partial charge on any atom is 0.338 e. The van der Waals surface area contributed by atoms with E-state index < -0.39 is 12.0 Å². The molecule has 1 atom stereocenters. The van der Waals surface area contributed by atoms with Crippen LogP contribution in [0.5, 0.6) is 0 Å². The molecule has 1 heterocycles. The predicted octanol–water partition coefficient (Wildman–Crippen LogP) is 6.04. The van der Waals surface area contributed by atoms with Crippen molar-refractivity contribution in [3.63, 3.8) is 0 Å². The predicted molar refractivity (Wildman–Crippen MR) is 145 cm³/mol. The number of nitrogens with one attached hydrogen (secondary N) is 2. The molecule has 0 saturated heterocycles. The molecule has 0 radical (unpaired) electrons. The van der Waals surface area contributed by atoms with Gasteiger partial charge in [0.05, 0.1) is 18.2 Å². The Bertz CT molecular complexity index is 1360. The van der Waals surface area contributed by atoms with Crippen molar-refractivity contribution in [3.8, 4) is 0 Å². The highest BCUT2D eigenvalue weighted by atomic mass is 16.5. The second-order valence-electron chi connectivity index (χ2n) is 9.63. The minimum atomic E-state index is -0.699. The van der Waals surface area contributed by atoms with E-state index in [1.807, 2.05) is 63.2 Å². The molecule has 0 fully saturated rings. The standard InChI is InChI=1S/C30H33N3O4/c1-5-16-33-20(4)26(29(35)37-18-19(2)3)27(32-30(33)36)22-12-8-13-23(17-22)31-28(34)25-15-9-11-21-10-6-7-14-24(21)25/h6-15,17,19,27H,5,16,18H2,1-4H3,(H,31,34)(H,32,36)/t27-/m1/s1. The molecule has 2 N–H and O–H groups in total. The highest BCUT2D eigenvalue weighted by molar-refractivity contribution is 6.13. The zero-order valence-electron chi connectivity index (χ0n) is 21.7. The van der Waals surface area contributed by atoms with E-state index in [-0.39, 0.29) is 24.5 Å². The molecule has 1 aliphatic rings. The van der Waals surface area contributed by atoms with E-state index in [1.165, 1.54) is 0 Å². The van der Waals surface area contributed by atoms with E-state index in [9.17, 15) is 14.4 Å². The number of allylic oxidation sites excluding steroid dienone is 1. The number of ether oxygens (including phenoxy) is 1. The van der Waals surface area contributed by atoms with E-state index in [0.717, 1.165) is 17.2 Å². The maximum atomic E-state index is 13.2. The van der Waals surface area contributed by atoms with Gasteiger partial charge in [-0.1, -0.05) is 69.3 Å². The largest absolute Gasteiger partial charge is 0.462 e. The average molecular weight is 500 g/mol. The molecule has 7 nitrogen and oxygen atoms in total. The van der Waals surface area contributed by atoms with Gasteiger partial charge < -0.3 is 15.4 Å². The van der Waals surface area contributed by atoms with Crippen LogP contribution in [0.4, 0.5) is 10.5 Å². The van der Waals surface area contributed by atoms with Crippen LogP contribution >= 0.6 is 0 Å². The van der Waals surface area contributed by atoms with Gasteiger partial charge in [-0.15, -0.1) is 0 Å². The van der Waals surface area contributed by atoms with Gasteiger partial charge in [-0.3, -0.25) is 9.69 Å². The van der Waals surface area contributed by atoms with Gasteiger partial charge in [-0.05, 0) is 53.8 Å². The lowest BCUT2D eigenvalue weighted by molar-refractivity contribution is -0.140. The van der Waals surface area contributed by atoms with E-state index >= 15 is 0 Å². The maximum absolute atomic E-state index is 13.2. The molecule has 3 aromatic carbocycles. The number of rotatable bonds is 8. The topological polar surface area (TPSA) is 87.7 Å². The summed E-state index contributed by atoms with van der Waals surface area (Å²) in [5.74, 6) is -0.512.